The normalized spacial score (nSPS) is 29.8. The molecule has 6 heterocycles. The number of aromatic nitrogens is 3. The Hall–Kier alpha value is -3.11. The first-order valence-corrected chi connectivity index (χ1v) is 15.4. The number of fused-ring (bicyclic) bond motifs is 5. The molecular formula is C32H38F2N6O2. The molecule has 1 aliphatic carbocycles. The van der Waals surface area contributed by atoms with Crippen LogP contribution in [-0.4, -0.2) is 81.5 Å². The Bertz CT molecular complexity index is 1570. The number of ether oxygens (including phenoxy) is 1. The quantitative estimate of drug-likeness (QED) is 0.454. The summed E-state index contributed by atoms with van der Waals surface area (Å²) >= 11 is 0. The van der Waals surface area contributed by atoms with Gasteiger partial charge in [0, 0.05) is 49.9 Å². The molecule has 42 heavy (non-hydrogen) atoms. The van der Waals surface area contributed by atoms with Crippen molar-refractivity contribution in [2.24, 2.45) is 0 Å². The number of benzene rings is 1. The number of aryl methyl sites for hydroxylation is 1. The number of phenolic OH excluding ortho intramolecular Hbond substituents is 1. The van der Waals surface area contributed by atoms with E-state index in [0.717, 1.165) is 69.3 Å². The maximum atomic E-state index is 16.7. The van der Waals surface area contributed by atoms with Crippen LogP contribution in [0, 0.1) is 5.82 Å². The summed E-state index contributed by atoms with van der Waals surface area (Å²) in [7, 11) is 0. The van der Waals surface area contributed by atoms with Crippen molar-refractivity contribution in [3.05, 3.63) is 35.3 Å². The van der Waals surface area contributed by atoms with Gasteiger partial charge in [-0.3, -0.25) is 9.88 Å². The second kappa shape index (κ2) is 9.44. The lowest BCUT2D eigenvalue weighted by atomic mass is 9.82. The predicted molar refractivity (Wildman–Crippen MR) is 156 cm³/mol. The van der Waals surface area contributed by atoms with Gasteiger partial charge in [0.25, 0.3) is 0 Å². The molecule has 1 aromatic carbocycles. The van der Waals surface area contributed by atoms with Crippen molar-refractivity contribution in [1.29, 1.82) is 0 Å². The van der Waals surface area contributed by atoms with Crippen LogP contribution in [0.4, 0.5) is 14.6 Å². The summed E-state index contributed by atoms with van der Waals surface area (Å²) in [5.74, 6) is 0.192. The molecule has 0 unspecified atom stereocenters. The van der Waals surface area contributed by atoms with Crippen molar-refractivity contribution in [2.45, 2.75) is 88.0 Å². The van der Waals surface area contributed by atoms with Gasteiger partial charge >= 0.3 is 6.01 Å². The van der Waals surface area contributed by atoms with E-state index in [0.29, 0.717) is 41.8 Å². The molecule has 8 rings (SSSR count). The van der Waals surface area contributed by atoms with Crippen LogP contribution in [0.5, 0.6) is 11.8 Å². The van der Waals surface area contributed by atoms with E-state index in [1.54, 1.807) is 18.3 Å². The van der Waals surface area contributed by atoms with E-state index in [2.05, 4.69) is 38.9 Å². The smallest absolute Gasteiger partial charge is 0.319 e. The van der Waals surface area contributed by atoms with Crippen molar-refractivity contribution in [3.8, 4) is 23.0 Å². The van der Waals surface area contributed by atoms with Gasteiger partial charge in [-0.05, 0) is 73.7 Å². The van der Waals surface area contributed by atoms with Crippen LogP contribution < -0.4 is 15.0 Å². The number of halogens is 2. The Morgan fingerprint density at radius 1 is 1.12 bits per heavy atom. The molecule has 4 saturated heterocycles. The van der Waals surface area contributed by atoms with E-state index in [9.17, 15) is 9.50 Å². The summed E-state index contributed by atoms with van der Waals surface area (Å²) in [4.78, 5) is 18.6. The molecule has 4 fully saturated rings. The van der Waals surface area contributed by atoms with Crippen LogP contribution in [0.1, 0.15) is 63.5 Å². The van der Waals surface area contributed by atoms with E-state index in [1.807, 2.05) is 0 Å². The molecular weight excluding hydrogens is 538 g/mol. The minimum atomic E-state index is -0.863. The second-order valence-electron chi connectivity index (χ2n) is 13.8. The summed E-state index contributed by atoms with van der Waals surface area (Å²) in [6.07, 6.45) is 7.09. The van der Waals surface area contributed by atoms with Crippen LogP contribution in [0.25, 0.3) is 22.2 Å². The molecule has 3 aromatic rings. The average Bonchev–Trinajstić information content (AvgIpc) is 3.67. The Labute approximate surface area is 244 Å². The van der Waals surface area contributed by atoms with Crippen LogP contribution in [-0.2, 0) is 11.8 Å². The van der Waals surface area contributed by atoms with Crippen molar-refractivity contribution in [2.75, 3.05) is 37.7 Å². The monoisotopic (exact) mass is 576 g/mol. The van der Waals surface area contributed by atoms with Crippen LogP contribution in [0.3, 0.4) is 0 Å². The maximum absolute atomic E-state index is 16.7. The molecule has 4 aliphatic heterocycles. The van der Waals surface area contributed by atoms with Crippen LogP contribution >= 0.6 is 0 Å². The summed E-state index contributed by atoms with van der Waals surface area (Å²) in [6.45, 7) is 7.41. The SMILES string of the molecule is CC1(C)CCc2cc(O)cc(-c3ncc4c(N5C[C@H]6CC[C@@H](C5)N6)nc(OC[C@@]56CCCN5C[C@H](F)C6)nc4c3F)c21. The molecule has 0 radical (unpaired) electrons. The van der Waals surface area contributed by atoms with E-state index in [-0.39, 0.29) is 40.5 Å². The molecule has 0 amide bonds. The van der Waals surface area contributed by atoms with Crippen molar-refractivity contribution < 1.29 is 18.6 Å². The lowest BCUT2D eigenvalue weighted by molar-refractivity contribution is 0.107. The van der Waals surface area contributed by atoms with Gasteiger partial charge in [-0.15, -0.1) is 0 Å². The standard InChI is InChI=1S/C32H38F2N6O2/c1-31(2)8-6-18-10-22(41)11-23(25(18)31)27-26(34)28-24(13-35-27)29(39-15-20-4-5-21(16-39)36-20)38-30(37-28)42-17-32-7-3-9-40(32)14-19(33)12-32/h10-11,13,19-21,36,41H,3-9,12,14-17H2,1-2H3/t19-,20-,21+,32+/m1/s1. The predicted octanol–water partition coefficient (Wildman–Crippen LogP) is 4.66. The second-order valence-corrected chi connectivity index (χ2v) is 13.8. The van der Waals surface area contributed by atoms with Gasteiger partial charge in [0.1, 0.15) is 35.6 Å². The Kier molecular flexibility index (Phi) is 5.96. The van der Waals surface area contributed by atoms with Gasteiger partial charge in [0.05, 0.1) is 10.9 Å². The third-order valence-electron chi connectivity index (χ3n) is 10.5. The number of nitrogens with one attached hydrogen (secondary N) is 1. The number of hydrogen-bond donors (Lipinski definition) is 2. The summed E-state index contributed by atoms with van der Waals surface area (Å²) in [6, 6.07) is 4.24. The van der Waals surface area contributed by atoms with E-state index in [1.165, 1.54) is 0 Å². The molecule has 2 bridgehead atoms. The number of phenols is 1. The summed E-state index contributed by atoms with van der Waals surface area (Å²) < 4.78 is 37.4. The average molecular weight is 577 g/mol. The molecule has 8 nitrogen and oxygen atoms in total. The first-order valence-electron chi connectivity index (χ1n) is 15.4. The first-order chi connectivity index (χ1) is 20.2. The zero-order valence-electron chi connectivity index (χ0n) is 24.3. The highest BCUT2D eigenvalue weighted by molar-refractivity contribution is 5.92. The van der Waals surface area contributed by atoms with Crippen LogP contribution in [0.15, 0.2) is 18.3 Å². The molecule has 0 saturated carbocycles. The number of hydrogen-bond acceptors (Lipinski definition) is 8. The fourth-order valence-corrected chi connectivity index (χ4v) is 8.57. The topological polar surface area (TPSA) is 86.6 Å². The number of aromatic hydroxyl groups is 1. The third-order valence-corrected chi connectivity index (χ3v) is 10.5. The molecule has 10 heteroatoms. The third kappa shape index (κ3) is 4.16. The number of pyridine rings is 1. The number of alkyl halides is 1. The minimum absolute atomic E-state index is 0.106. The minimum Gasteiger partial charge on any atom is -0.508 e. The molecule has 0 spiro atoms. The largest absolute Gasteiger partial charge is 0.508 e. The van der Waals surface area contributed by atoms with Gasteiger partial charge in [0.15, 0.2) is 5.82 Å². The zero-order chi connectivity index (χ0) is 28.8. The summed E-state index contributed by atoms with van der Waals surface area (Å²) in [5.41, 5.74) is 2.47. The van der Waals surface area contributed by atoms with Gasteiger partial charge in [-0.2, -0.15) is 9.97 Å². The lowest BCUT2D eigenvalue weighted by Crippen LogP contribution is -2.51. The van der Waals surface area contributed by atoms with Crippen molar-refractivity contribution >= 4 is 16.7 Å². The zero-order valence-corrected chi connectivity index (χ0v) is 24.3. The van der Waals surface area contributed by atoms with Gasteiger partial charge in [-0.1, -0.05) is 13.8 Å². The molecule has 2 aromatic heterocycles. The van der Waals surface area contributed by atoms with Gasteiger partial charge in [0.2, 0.25) is 0 Å². The maximum Gasteiger partial charge on any atom is 0.319 e. The van der Waals surface area contributed by atoms with Crippen molar-refractivity contribution in [3.63, 3.8) is 0 Å². The first kappa shape index (κ1) is 26.5. The highest BCUT2D eigenvalue weighted by Crippen LogP contribution is 2.47. The molecule has 222 valence electrons. The highest BCUT2D eigenvalue weighted by atomic mass is 19.1. The highest BCUT2D eigenvalue weighted by Gasteiger charge is 2.49. The lowest BCUT2D eigenvalue weighted by Gasteiger charge is -2.34. The fraction of sp³-hybridized carbons (Fsp3) is 0.594. The Balaban J connectivity index is 1.24. The van der Waals surface area contributed by atoms with E-state index < -0.39 is 12.0 Å². The number of anilines is 1. The number of piperazine rings is 1. The number of nitrogens with zero attached hydrogens (tertiary/aromatic N) is 5. The Morgan fingerprint density at radius 3 is 2.74 bits per heavy atom. The van der Waals surface area contributed by atoms with Gasteiger partial charge < -0.3 is 20.1 Å². The van der Waals surface area contributed by atoms with E-state index >= 15 is 4.39 Å². The molecule has 4 atom stereocenters. The molecule has 2 N–H and O–H groups in total. The fourth-order valence-electron chi connectivity index (χ4n) is 8.57. The summed E-state index contributed by atoms with van der Waals surface area (Å²) in [5, 5.41) is 14.8. The van der Waals surface area contributed by atoms with Crippen molar-refractivity contribution in [1.82, 2.24) is 25.2 Å². The molecule has 5 aliphatic rings. The Morgan fingerprint density at radius 2 is 1.93 bits per heavy atom. The van der Waals surface area contributed by atoms with Crippen LogP contribution in [0.2, 0.25) is 0 Å². The van der Waals surface area contributed by atoms with E-state index in [4.69, 9.17) is 9.72 Å². The van der Waals surface area contributed by atoms with Gasteiger partial charge in [-0.25, -0.2) is 8.78 Å². The number of rotatable bonds is 5.